The molecular weight excluding hydrogens is 356 g/mol. The molecule has 1 aliphatic carbocycles. The first-order valence-corrected chi connectivity index (χ1v) is 9.93. The van der Waals surface area contributed by atoms with Crippen molar-refractivity contribution in [3.63, 3.8) is 0 Å². The third-order valence-corrected chi connectivity index (χ3v) is 5.82. The molecule has 1 N–H and O–H groups in total. The van der Waals surface area contributed by atoms with Crippen LogP contribution in [0.1, 0.15) is 69.0 Å². The molecule has 7 heteroatoms. The molecule has 2 amide bonds. The Morgan fingerprint density at radius 2 is 2.14 bits per heavy atom. The van der Waals surface area contributed by atoms with Gasteiger partial charge in [0.25, 0.3) is 0 Å². The highest BCUT2D eigenvalue weighted by molar-refractivity contribution is 5.91. The largest absolute Gasteiger partial charge is 0.469 e. The smallest absolute Gasteiger partial charge is 0.226 e. The molecule has 3 heterocycles. The van der Waals surface area contributed by atoms with Gasteiger partial charge in [-0.3, -0.25) is 14.3 Å². The highest BCUT2D eigenvalue weighted by Crippen LogP contribution is 2.43. The van der Waals surface area contributed by atoms with Crippen molar-refractivity contribution < 1.29 is 14.0 Å². The summed E-state index contributed by atoms with van der Waals surface area (Å²) in [5.41, 5.74) is 1.58. The monoisotopic (exact) mass is 384 g/mol. The molecule has 1 aliphatic heterocycles. The van der Waals surface area contributed by atoms with Gasteiger partial charge in [0, 0.05) is 42.8 Å². The molecule has 4 rings (SSSR count). The summed E-state index contributed by atoms with van der Waals surface area (Å²) in [7, 11) is 1.85. The summed E-state index contributed by atoms with van der Waals surface area (Å²) < 4.78 is 7.26. The molecule has 1 saturated heterocycles. The number of hydrogen-bond acceptors (Lipinski definition) is 4. The molecule has 0 radical (unpaired) electrons. The average molecular weight is 384 g/mol. The molecule has 3 atom stereocenters. The lowest BCUT2D eigenvalue weighted by Gasteiger charge is -2.38. The topological polar surface area (TPSA) is 80.4 Å². The Morgan fingerprint density at radius 1 is 1.36 bits per heavy atom. The Kier molecular flexibility index (Phi) is 4.56. The molecule has 2 aromatic rings. The zero-order valence-corrected chi connectivity index (χ0v) is 16.9. The van der Waals surface area contributed by atoms with Crippen LogP contribution in [0.2, 0.25) is 0 Å². The summed E-state index contributed by atoms with van der Waals surface area (Å²) in [6.07, 6.45) is 8.34. The summed E-state index contributed by atoms with van der Waals surface area (Å²) in [5, 5.41) is 7.47. The Balaban J connectivity index is 1.62. The summed E-state index contributed by atoms with van der Waals surface area (Å²) >= 11 is 0. The van der Waals surface area contributed by atoms with Crippen LogP contribution in [-0.2, 0) is 23.1 Å². The quantitative estimate of drug-likeness (QED) is 0.882. The highest BCUT2D eigenvalue weighted by atomic mass is 16.3. The molecule has 0 saturated carbocycles. The van der Waals surface area contributed by atoms with E-state index in [0.717, 1.165) is 36.1 Å². The number of nitrogens with one attached hydrogen (secondary N) is 1. The van der Waals surface area contributed by atoms with Crippen molar-refractivity contribution in [3.8, 4) is 0 Å². The van der Waals surface area contributed by atoms with Gasteiger partial charge in [0.15, 0.2) is 0 Å². The van der Waals surface area contributed by atoms with E-state index in [1.165, 1.54) is 0 Å². The maximum atomic E-state index is 13.3. The normalized spacial score (nSPS) is 25.1. The summed E-state index contributed by atoms with van der Waals surface area (Å²) in [6.45, 7) is 6.02. The lowest BCUT2D eigenvalue weighted by atomic mass is 9.90. The van der Waals surface area contributed by atoms with Gasteiger partial charge < -0.3 is 14.6 Å². The van der Waals surface area contributed by atoms with Gasteiger partial charge in [0.05, 0.1) is 30.5 Å². The van der Waals surface area contributed by atoms with Crippen LogP contribution in [0.15, 0.2) is 29.1 Å². The Morgan fingerprint density at radius 3 is 2.82 bits per heavy atom. The number of amides is 2. The van der Waals surface area contributed by atoms with Gasteiger partial charge in [0.2, 0.25) is 11.8 Å². The van der Waals surface area contributed by atoms with Crippen LogP contribution >= 0.6 is 0 Å². The van der Waals surface area contributed by atoms with Gasteiger partial charge in [-0.25, -0.2) is 0 Å². The third kappa shape index (κ3) is 3.23. The maximum Gasteiger partial charge on any atom is 0.226 e. The van der Waals surface area contributed by atoms with Crippen LogP contribution in [0.5, 0.6) is 0 Å². The first-order valence-electron chi connectivity index (χ1n) is 9.93. The van der Waals surface area contributed by atoms with Crippen molar-refractivity contribution >= 4 is 11.8 Å². The predicted molar refractivity (Wildman–Crippen MR) is 103 cm³/mol. The van der Waals surface area contributed by atoms with E-state index in [1.807, 2.05) is 45.0 Å². The third-order valence-electron chi connectivity index (χ3n) is 5.82. The second-order valence-electron chi connectivity index (χ2n) is 8.89. The second kappa shape index (κ2) is 6.79. The fourth-order valence-corrected chi connectivity index (χ4v) is 4.65. The zero-order valence-electron chi connectivity index (χ0n) is 16.9. The number of nitrogens with zero attached hydrogens (tertiary/aromatic N) is 3. The van der Waals surface area contributed by atoms with Crippen LogP contribution in [0.3, 0.4) is 0 Å². The number of likely N-dealkylation sites (tertiary alicyclic amines) is 1. The standard InChI is InChI=1S/C21H28N4O3/c1-21(2,3)25-18(26)10-15(19(25)13-11-22-24(4)12-13)20(27)23-16-6-5-7-17-14(16)8-9-28-17/h8-9,11-12,15-16,19H,5-7,10H2,1-4H3,(H,23,27)/t15-,16-,19-/m1/s1. The maximum absolute atomic E-state index is 13.3. The molecule has 0 bridgehead atoms. The van der Waals surface area contributed by atoms with Crippen molar-refractivity contribution in [1.29, 1.82) is 0 Å². The molecule has 28 heavy (non-hydrogen) atoms. The van der Waals surface area contributed by atoms with E-state index in [4.69, 9.17) is 4.42 Å². The summed E-state index contributed by atoms with van der Waals surface area (Å²) in [4.78, 5) is 28.0. The van der Waals surface area contributed by atoms with Crippen molar-refractivity contribution in [1.82, 2.24) is 20.0 Å². The lowest BCUT2D eigenvalue weighted by Crippen LogP contribution is -2.45. The van der Waals surface area contributed by atoms with Gasteiger partial charge in [-0.2, -0.15) is 5.10 Å². The molecule has 0 aromatic carbocycles. The van der Waals surface area contributed by atoms with Gasteiger partial charge in [-0.05, 0) is 39.7 Å². The van der Waals surface area contributed by atoms with Gasteiger partial charge in [-0.1, -0.05) is 0 Å². The van der Waals surface area contributed by atoms with E-state index in [2.05, 4.69) is 10.4 Å². The number of fused-ring (bicyclic) bond motifs is 1. The molecule has 0 spiro atoms. The van der Waals surface area contributed by atoms with Crippen LogP contribution in [0.25, 0.3) is 0 Å². The number of hydrogen-bond donors (Lipinski definition) is 1. The van der Waals surface area contributed by atoms with Crippen LogP contribution in [-0.4, -0.2) is 32.0 Å². The number of furan rings is 1. The molecule has 0 unspecified atom stereocenters. The second-order valence-corrected chi connectivity index (χ2v) is 8.89. The first kappa shape index (κ1) is 18.8. The molecule has 7 nitrogen and oxygen atoms in total. The van der Waals surface area contributed by atoms with Crippen molar-refractivity contribution in [3.05, 3.63) is 41.6 Å². The highest BCUT2D eigenvalue weighted by Gasteiger charge is 2.49. The fourth-order valence-electron chi connectivity index (χ4n) is 4.65. The first-order chi connectivity index (χ1) is 13.3. The van der Waals surface area contributed by atoms with E-state index in [-0.39, 0.29) is 35.9 Å². The Labute approximate surface area is 165 Å². The van der Waals surface area contributed by atoms with Gasteiger partial charge in [-0.15, -0.1) is 0 Å². The minimum Gasteiger partial charge on any atom is -0.469 e. The lowest BCUT2D eigenvalue weighted by molar-refractivity contribution is -0.133. The van der Waals surface area contributed by atoms with E-state index in [9.17, 15) is 9.59 Å². The average Bonchev–Trinajstić information content (AvgIpc) is 3.32. The van der Waals surface area contributed by atoms with Crippen molar-refractivity contribution in [2.45, 2.75) is 64.1 Å². The number of carbonyl (C=O) groups is 2. The number of aromatic nitrogens is 2. The fraction of sp³-hybridized carbons (Fsp3) is 0.571. The molecule has 1 fully saturated rings. The minimum atomic E-state index is -0.437. The molecular formula is C21H28N4O3. The number of carbonyl (C=O) groups excluding carboxylic acids is 2. The minimum absolute atomic E-state index is 0.00847. The van der Waals surface area contributed by atoms with E-state index < -0.39 is 5.92 Å². The Hall–Kier alpha value is -2.57. The van der Waals surface area contributed by atoms with E-state index in [0.29, 0.717) is 0 Å². The van der Waals surface area contributed by atoms with Crippen molar-refractivity contribution in [2.75, 3.05) is 0 Å². The van der Waals surface area contributed by atoms with Crippen molar-refractivity contribution in [2.24, 2.45) is 13.0 Å². The van der Waals surface area contributed by atoms with E-state index in [1.54, 1.807) is 17.1 Å². The summed E-state index contributed by atoms with van der Waals surface area (Å²) in [5.74, 6) is 0.453. The van der Waals surface area contributed by atoms with Crippen LogP contribution in [0, 0.1) is 5.92 Å². The molecule has 150 valence electrons. The molecule has 2 aromatic heterocycles. The van der Waals surface area contributed by atoms with Gasteiger partial charge in [0.1, 0.15) is 5.76 Å². The molecule has 2 aliphatic rings. The van der Waals surface area contributed by atoms with E-state index >= 15 is 0 Å². The zero-order chi connectivity index (χ0) is 20.1. The Bertz CT molecular complexity index is 892. The predicted octanol–water partition coefficient (Wildman–Crippen LogP) is 2.90. The number of rotatable bonds is 3. The van der Waals surface area contributed by atoms with Gasteiger partial charge >= 0.3 is 0 Å². The SMILES string of the molecule is Cn1cc([C@@H]2[C@H](C(=O)N[C@@H]3CCCc4occc43)CC(=O)N2C(C)(C)C)cn1. The van der Waals surface area contributed by atoms with Crippen LogP contribution < -0.4 is 5.32 Å². The number of aryl methyl sites for hydroxylation is 2. The summed E-state index contributed by atoms with van der Waals surface area (Å²) in [6, 6.07) is 1.58. The van der Waals surface area contributed by atoms with Crippen LogP contribution in [0.4, 0.5) is 0 Å².